The van der Waals surface area contributed by atoms with Crippen LogP contribution in [0, 0.1) is 0 Å². The van der Waals surface area contributed by atoms with Crippen LogP contribution in [0.1, 0.15) is 38.3 Å². The summed E-state index contributed by atoms with van der Waals surface area (Å²) in [4.78, 5) is 33.7. The van der Waals surface area contributed by atoms with Crippen LogP contribution in [0.15, 0.2) is 43.1 Å². The third-order valence-electron chi connectivity index (χ3n) is 9.21. The van der Waals surface area contributed by atoms with Gasteiger partial charge in [0.2, 0.25) is 5.91 Å². The van der Waals surface area contributed by atoms with Gasteiger partial charge in [-0.05, 0) is 62.9 Å². The summed E-state index contributed by atoms with van der Waals surface area (Å²) in [5, 5.41) is 6.53. The summed E-state index contributed by atoms with van der Waals surface area (Å²) >= 11 is 0. The van der Waals surface area contributed by atoms with Gasteiger partial charge in [-0.2, -0.15) is 0 Å². The number of pyridine rings is 1. The van der Waals surface area contributed by atoms with Crippen LogP contribution in [0.25, 0.3) is 22.2 Å². The zero-order valence-corrected chi connectivity index (χ0v) is 24.9. The van der Waals surface area contributed by atoms with Crippen molar-refractivity contribution in [1.29, 1.82) is 0 Å². The lowest BCUT2D eigenvalue weighted by molar-refractivity contribution is -0.117. The third-order valence-corrected chi connectivity index (χ3v) is 9.21. The fourth-order valence-electron chi connectivity index (χ4n) is 6.50. The lowest BCUT2D eigenvalue weighted by Gasteiger charge is -2.42. The van der Waals surface area contributed by atoms with Crippen molar-refractivity contribution in [2.45, 2.75) is 57.2 Å². The van der Waals surface area contributed by atoms with Crippen LogP contribution in [0.4, 0.5) is 17.3 Å². The number of nitrogens with zero attached hydrogens (tertiary/aromatic N) is 6. The van der Waals surface area contributed by atoms with Crippen molar-refractivity contribution < 1.29 is 4.79 Å². The molecule has 10 heteroatoms. The smallest absolute Gasteiger partial charge is 0.243 e. The molecule has 3 aliphatic rings. The van der Waals surface area contributed by atoms with E-state index in [1.807, 2.05) is 6.20 Å². The Kier molecular flexibility index (Phi) is 8.26. The van der Waals surface area contributed by atoms with Crippen LogP contribution < -0.4 is 21.3 Å². The van der Waals surface area contributed by atoms with Gasteiger partial charge < -0.3 is 26.2 Å². The third kappa shape index (κ3) is 5.91. The first-order valence-electron chi connectivity index (χ1n) is 15.3. The predicted molar refractivity (Wildman–Crippen MR) is 170 cm³/mol. The molecule has 3 aromatic rings. The number of carbonyl (C=O) groups is 1. The van der Waals surface area contributed by atoms with Gasteiger partial charge in [0.1, 0.15) is 16.9 Å². The van der Waals surface area contributed by atoms with Crippen LogP contribution in [0.5, 0.6) is 0 Å². The van der Waals surface area contributed by atoms with Crippen LogP contribution in [-0.4, -0.2) is 95.1 Å². The first-order valence-corrected chi connectivity index (χ1v) is 15.3. The average molecular weight is 570 g/mol. The summed E-state index contributed by atoms with van der Waals surface area (Å²) in [7, 11) is 2.22. The molecule has 4 heterocycles. The minimum atomic E-state index is -0.132. The second-order valence-corrected chi connectivity index (χ2v) is 12.0. The molecule has 0 radical (unpaired) electrons. The summed E-state index contributed by atoms with van der Waals surface area (Å²) in [5.41, 5.74) is 11.8. The molecule has 1 aromatic carbocycles. The lowest BCUT2D eigenvalue weighted by Crippen LogP contribution is -2.52. The number of carbonyl (C=O) groups excluding carboxylic acids is 1. The molecular formula is C32H43N9O. The first kappa shape index (κ1) is 28.4. The van der Waals surface area contributed by atoms with E-state index in [4.69, 9.17) is 15.7 Å². The monoisotopic (exact) mass is 569 g/mol. The Hall–Kier alpha value is -3.76. The van der Waals surface area contributed by atoms with E-state index in [0.717, 1.165) is 60.5 Å². The van der Waals surface area contributed by atoms with Crippen molar-refractivity contribution in [3.63, 3.8) is 0 Å². The highest BCUT2D eigenvalue weighted by atomic mass is 16.1. The van der Waals surface area contributed by atoms with E-state index in [9.17, 15) is 4.79 Å². The van der Waals surface area contributed by atoms with Gasteiger partial charge in [0.05, 0.1) is 5.69 Å². The maximum absolute atomic E-state index is 11.6. The van der Waals surface area contributed by atoms with E-state index in [1.54, 1.807) is 0 Å². The van der Waals surface area contributed by atoms with Crippen molar-refractivity contribution in [3.8, 4) is 11.1 Å². The highest BCUT2D eigenvalue weighted by Gasteiger charge is 2.31. The SMILES string of the molecule is C=CC(=O)NC1CC(Nc2nc3c(-c4ccc(N5CCC(N6CCN(C)CC6)CC5)cc4)cnc(N)c3nc2CC)C1. The molecule has 6 rings (SSSR count). The van der Waals surface area contributed by atoms with Crippen molar-refractivity contribution in [2.75, 3.05) is 62.3 Å². The van der Waals surface area contributed by atoms with Gasteiger partial charge in [0, 0.05) is 74.8 Å². The van der Waals surface area contributed by atoms with Gasteiger partial charge in [-0.3, -0.25) is 9.69 Å². The number of nitrogens with one attached hydrogen (secondary N) is 2. The summed E-state index contributed by atoms with van der Waals surface area (Å²) in [6, 6.07) is 9.83. The number of aromatic nitrogens is 3. The molecule has 0 unspecified atom stereocenters. The normalized spacial score (nSPS) is 22.1. The molecule has 42 heavy (non-hydrogen) atoms. The summed E-state index contributed by atoms with van der Waals surface area (Å²) in [5.74, 6) is 1.03. The molecule has 3 fully saturated rings. The van der Waals surface area contributed by atoms with E-state index >= 15 is 0 Å². The zero-order chi connectivity index (χ0) is 29.2. The molecule has 0 spiro atoms. The summed E-state index contributed by atoms with van der Waals surface area (Å²) in [6.45, 7) is 12.5. The zero-order valence-electron chi connectivity index (χ0n) is 24.9. The Morgan fingerprint density at radius 3 is 2.40 bits per heavy atom. The molecule has 1 amide bonds. The number of likely N-dealkylation sites (N-methyl/N-ethyl adjacent to an activating group) is 1. The predicted octanol–water partition coefficient (Wildman–Crippen LogP) is 3.30. The van der Waals surface area contributed by atoms with Crippen molar-refractivity contribution >= 4 is 34.3 Å². The highest BCUT2D eigenvalue weighted by molar-refractivity contribution is 5.97. The first-order chi connectivity index (χ1) is 20.4. The lowest BCUT2D eigenvalue weighted by atomic mass is 9.86. The van der Waals surface area contributed by atoms with Gasteiger partial charge in [-0.25, -0.2) is 15.0 Å². The number of piperazine rings is 1. The largest absolute Gasteiger partial charge is 0.382 e. The number of benzene rings is 1. The Balaban J connectivity index is 1.17. The number of aryl methyl sites for hydroxylation is 1. The Labute approximate surface area is 248 Å². The number of hydrogen-bond acceptors (Lipinski definition) is 9. The Morgan fingerprint density at radius 2 is 1.74 bits per heavy atom. The van der Waals surface area contributed by atoms with Crippen molar-refractivity contribution in [1.82, 2.24) is 30.1 Å². The number of rotatable bonds is 8. The molecule has 0 atom stereocenters. The number of nitrogen functional groups attached to an aromatic ring is 1. The van der Waals surface area contributed by atoms with Gasteiger partial charge in [-0.15, -0.1) is 0 Å². The molecule has 0 bridgehead atoms. The quantitative estimate of drug-likeness (QED) is 0.352. The van der Waals surface area contributed by atoms with Crippen LogP contribution in [0.3, 0.4) is 0 Å². The molecule has 1 saturated carbocycles. The van der Waals surface area contributed by atoms with E-state index < -0.39 is 0 Å². The van der Waals surface area contributed by atoms with E-state index in [0.29, 0.717) is 17.4 Å². The molecule has 4 N–H and O–H groups in total. The fourth-order valence-corrected chi connectivity index (χ4v) is 6.50. The molecule has 10 nitrogen and oxygen atoms in total. The molecule has 2 aliphatic heterocycles. The molecule has 2 aromatic heterocycles. The Morgan fingerprint density at radius 1 is 1.02 bits per heavy atom. The van der Waals surface area contributed by atoms with E-state index in [1.165, 1.54) is 50.8 Å². The fraction of sp³-hybridized carbons (Fsp3) is 0.500. The summed E-state index contributed by atoms with van der Waals surface area (Å²) in [6.07, 6.45) is 7.94. The summed E-state index contributed by atoms with van der Waals surface area (Å²) < 4.78 is 0. The molecule has 2 saturated heterocycles. The number of piperidine rings is 1. The van der Waals surface area contributed by atoms with Crippen LogP contribution >= 0.6 is 0 Å². The minimum Gasteiger partial charge on any atom is -0.382 e. The standard InChI is InChI=1S/C32H43N9O/c1-4-27-32(36-23-18-22(19-23)35-28(42)5-2)38-29-26(20-34-31(33)30(29)37-27)21-6-8-24(9-7-21)40-12-10-25(11-13-40)41-16-14-39(3)15-17-41/h5-9,20,22-23,25H,2,4,10-19H2,1,3H3,(H2,33,34)(H,35,42)(H,36,38). The second kappa shape index (κ2) is 12.2. The molecular weight excluding hydrogens is 526 g/mol. The van der Waals surface area contributed by atoms with Gasteiger partial charge in [0.25, 0.3) is 0 Å². The molecule has 222 valence electrons. The van der Waals surface area contributed by atoms with Crippen molar-refractivity contribution in [3.05, 3.63) is 48.8 Å². The van der Waals surface area contributed by atoms with E-state index in [2.05, 4.69) is 75.1 Å². The van der Waals surface area contributed by atoms with Crippen LogP contribution in [0.2, 0.25) is 0 Å². The van der Waals surface area contributed by atoms with Crippen molar-refractivity contribution in [2.24, 2.45) is 0 Å². The second-order valence-electron chi connectivity index (χ2n) is 12.0. The number of nitrogens with two attached hydrogens (primary N) is 1. The van der Waals surface area contributed by atoms with Gasteiger partial charge in [-0.1, -0.05) is 25.6 Å². The number of fused-ring (bicyclic) bond motifs is 1. The maximum atomic E-state index is 11.6. The average Bonchev–Trinajstić information content (AvgIpc) is 3.00. The van der Waals surface area contributed by atoms with Gasteiger partial charge in [0.15, 0.2) is 5.82 Å². The minimum absolute atomic E-state index is 0.132. The Bertz CT molecular complexity index is 1420. The maximum Gasteiger partial charge on any atom is 0.243 e. The number of amides is 1. The topological polar surface area (TPSA) is 116 Å². The molecule has 1 aliphatic carbocycles. The number of anilines is 3. The van der Waals surface area contributed by atoms with E-state index in [-0.39, 0.29) is 18.0 Å². The number of hydrogen-bond donors (Lipinski definition) is 3. The van der Waals surface area contributed by atoms with Gasteiger partial charge >= 0.3 is 0 Å². The highest BCUT2D eigenvalue weighted by Crippen LogP contribution is 2.33. The van der Waals surface area contributed by atoms with Crippen LogP contribution in [-0.2, 0) is 11.2 Å².